The van der Waals surface area contributed by atoms with Crippen molar-refractivity contribution in [2.45, 2.75) is 12.5 Å². The second-order valence-electron chi connectivity index (χ2n) is 9.06. The Morgan fingerprint density at radius 3 is 1.66 bits per heavy atom. The van der Waals surface area contributed by atoms with Crippen LogP contribution in [0.15, 0.2) is 29.3 Å². The van der Waals surface area contributed by atoms with Gasteiger partial charge in [0.1, 0.15) is 0 Å². The smallest absolute Gasteiger partial charge is 0.317 e. The zero-order valence-electron chi connectivity index (χ0n) is 20.9. The molecule has 1 fully saturated rings. The Kier molecular flexibility index (Phi) is 12.9. The van der Waals surface area contributed by atoms with Crippen LogP contribution in [-0.4, -0.2) is 147 Å². The molecule has 0 bridgehead atoms. The Morgan fingerprint density at radius 2 is 1.18 bits per heavy atom. The molecule has 0 saturated carbocycles. The van der Waals surface area contributed by atoms with Crippen LogP contribution in [0.5, 0.6) is 0 Å². The van der Waals surface area contributed by atoms with Crippen molar-refractivity contribution in [1.29, 1.82) is 0 Å². The number of aliphatic carboxylic acids is 4. The minimum Gasteiger partial charge on any atom is -0.480 e. The lowest BCUT2D eigenvalue weighted by molar-refractivity contribution is -0.142. The third-order valence-corrected chi connectivity index (χ3v) is 6.24. The summed E-state index contributed by atoms with van der Waals surface area (Å²) < 4.78 is 0. The summed E-state index contributed by atoms with van der Waals surface area (Å²) in [5, 5.41) is 40.1. The average molecular weight is 552 g/mol. The Morgan fingerprint density at radius 1 is 0.737 bits per heavy atom. The molecule has 0 amide bonds. The van der Waals surface area contributed by atoms with Gasteiger partial charge in [-0.25, -0.2) is 0 Å². The summed E-state index contributed by atoms with van der Waals surface area (Å²) in [5.74, 6) is -4.20. The molecule has 1 aromatic carbocycles. The maximum Gasteiger partial charge on any atom is 0.317 e. The maximum atomic E-state index is 11.8. The lowest BCUT2D eigenvalue weighted by Gasteiger charge is -2.37. The van der Waals surface area contributed by atoms with Crippen molar-refractivity contribution >= 4 is 46.9 Å². The number of carboxylic acids is 4. The molecular weight excluding hydrogens is 518 g/mol. The zero-order chi connectivity index (χ0) is 28.1. The fourth-order valence-electron chi connectivity index (χ4n) is 4.39. The molecule has 0 spiro atoms. The van der Waals surface area contributed by atoms with Gasteiger partial charge in [-0.3, -0.25) is 38.8 Å². The molecule has 1 aromatic rings. The highest BCUT2D eigenvalue weighted by Gasteiger charge is 2.27. The molecule has 208 valence electrons. The van der Waals surface area contributed by atoms with Gasteiger partial charge in [0.05, 0.1) is 37.0 Å². The van der Waals surface area contributed by atoms with Gasteiger partial charge in [0.2, 0.25) is 0 Å². The van der Waals surface area contributed by atoms with E-state index in [4.69, 9.17) is 0 Å². The molecule has 0 aromatic heterocycles. The molecule has 0 unspecified atom stereocenters. The fraction of sp³-hybridized carbons (Fsp3) is 0.542. The van der Waals surface area contributed by atoms with Crippen molar-refractivity contribution in [3.63, 3.8) is 0 Å². The van der Waals surface area contributed by atoms with Crippen LogP contribution < -0.4 is 0 Å². The van der Waals surface area contributed by atoms with E-state index < -0.39 is 29.9 Å². The van der Waals surface area contributed by atoms with E-state index in [1.165, 1.54) is 0 Å². The van der Waals surface area contributed by atoms with Gasteiger partial charge in [0.25, 0.3) is 0 Å². The monoisotopic (exact) mass is 551 g/mol. The van der Waals surface area contributed by atoms with E-state index in [1.807, 2.05) is 12.1 Å². The van der Waals surface area contributed by atoms with Gasteiger partial charge in [0.15, 0.2) is 0 Å². The van der Waals surface area contributed by atoms with E-state index in [0.29, 0.717) is 12.1 Å². The SMILES string of the molecule is O=C(O)CN1CCN(CC(=O)O)CCN(CC(=O)O)[C@H](Cc2ccc(N=C=S)cc2)CN(CC(=O)O)CC1. The summed E-state index contributed by atoms with van der Waals surface area (Å²) in [7, 11) is 0. The van der Waals surface area contributed by atoms with Gasteiger partial charge in [0, 0.05) is 51.9 Å². The standard InChI is InChI=1S/C24H33N5O8S/c30-21(31)13-26-5-6-27(14-22(32)33)9-10-29(16-24(36)37)20(12-28(8-7-26)15-23(34)35)11-18-1-3-19(4-2-18)25-17-38/h1-4,20H,5-16H2,(H,30,31)(H,32,33)(H,34,35)(H,36,37)/t20-/m1/s1. The van der Waals surface area contributed by atoms with Crippen LogP contribution in [0, 0.1) is 0 Å². The third-order valence-electron chi connectivity index (χ3n) is 6.15. The number of thiocarbonyl (C=S) groups is 1. The zero-order valence-corrected chi connectivity index (χ0v) is 21.8. The van der Waals surface area contributed by atoms with Crippen LogP contribution in [0.25, 0.3) is 0 Å². The van der Waals surface area contributed by atoms with Crippen LogP contribution in [0.1, 0.15) is 5.56 Å². The number of isothiocyanates is 1. The highest BCUT2D eigenvalue weighted by atomic mass is 32.1. The Labute approximate surface area is 225 Å². The number of aliphatic imine (C=N–C) groups is 1. The summed E-state index contributed by atoms with van der Waals surface area (Å²) in [5.41, 5.74) is 1.48. The first kappa shape index (κ1) is 31.0. The third kappa shape index (κ3) is 11.9. The Balaban J connectivity index is 2.41. The van der Waals surface area contributed by atoms with Crippen molar-refractivity contribution in [1.82, 2.24) is 19.6 Å². The topological polar surface area (TPSA) is 175 Å². The van der Waals surface area contributed by atoms with Gasteiger partial charge in [-0.05, 0) is 36.3 Å². The van der Waals surface area contributed by atoms with Gasteiger partial charge >= 0.3 is 23.9 Å². The number of hydrogen-bond acceptors (Lipinski definition) is 10. The van der Waals surface area contributed by atoms with Crippen molar-refractivity contribution in [2.75, 3.05) is 72.0 Å². The number of hydrogen-bond donors (Lipinski definition) is 4. The summed E-state index contributed by atoms with van der Waals surface area (Å²) in [6.45, 7) is 0.498. The molecule has 38 heavy (non-hydrogen) atoms. The molecule has 1 aliphatic heterocycles. The number of nitrogens with zero attached hydrogens (tertiary/aromatic N) is 5. The molecule has 14 heteroatoms. The molecule has 1 heterocycles. The van der Waals surface area contributed by atoms with Crippen LogP contribution >= 0.6 is 12.2 Å². The molecule has 1 aliphatic rings. The number of carbonyl (C=O) groups is 4. The van der Waals surface area contributed by atoms with Crippen molar-refractivity contribution in [3.05, 3.63) is 29.8 Å². The van der Waals surface area contributed by atoms with E-state index in [2.05, 4.69) is 22.4 Å². The minimum absolute atomic E-state index is 0.208. The lowest BCUT2D eigenvalue weighted by Crippen LogP contribution is -2.53. The number of benzene rings is 1. The fourth-order valence-corrected chi connectivity index (χ4v) is 4.49. The quantitative estimate of drug-likeness (QED) is 0.212. The predicted molar refractivity (Wildman–Crippen MR) is 140 cm³/mol. The van der Waals surface area contributed by atoms with Crippen molar-refractivity contribution < 1.29 is 39.6 Å². The Bertz CT molecular complexity index is 1020. The van der Waals surface area contributed by atoms with Crippen LogP contribution in [0.2, 0.25) is 0 Å². The molecule has 4 N–H and O–H groups in total. The maximum absolute atomic E-state index is 11.8. The predicted octanol–water partition coefficient (Wildman–Crippen LogP) is -0.108. The van der Waals surface area contributed by atoms with E-state index in [1.54, 1.807) is 31.7 Å². The van der Waals surface area contributed by atoms with Crippen LogP contribution in [-0.2, 0) is 25.6 Å². The minimum atomic E-state index is -1.06. The number of carboxylic acid groups (broad SMARTS) is 4. The molecule has 2 rings (SSSR count). The first-order valence-corrected chi connectivity index (χ1v) is 12.4. The van der Waals surface area contributed by atoms with Gasteiger partial charge in [-0.2, -0.15) is 4.99 Å². The first-order valence-electron chi connectivity index (χ1n) is 12.0. The van der Waals surface area contributed by atoms with E-state index >= 15 is 0 Å². The highest BCUT2D eigenvalue weighted by Crippen LogP contribution is 2.17. The average Bonchev–Trinajstić information content (AvgIpc) is 2.82. The van der Waals surface area contributed by atoms with Crippen LogP contribution in [0.4, 0.5) is 5.69 Å². The highest BCUT2D eigenvalue weighted by molar-refractivity contribution is 7.78. The second kappa shape index (κ2) is 15.9. The normalized spacial score (nSPS) is 19.0. The van der Waals surface area contributed by atoms with E-state index in [-0.39, 0.29) is 72.0 Å². The van der Waals surface area contributed by atoms with Gasteiger partial charge in [-0.1, -0.05) is 12.1 Å². The first-order chi connectivity index (χ1) is 18.0. The Hall–Kier alpha value is -3.26. The molecule has 1 atom stereocenters. The molecule has 13 nitrogen and oxygen atoms in total. The lowest BCUT2D eigenvalue weighted by atomic mass is 10.0. The molecule has 1 saturated heterocycles. The van der Waals surface area contributed by atoms with Crippen LogP contribution in [0.3, 0.4) is 0 Å². The second-order valence-corrected chi connectivity index (χ2v) is 9.24. The van der Waals surface area contributed by atoms with E-state index in [9.17, 15) is 39.6 Å². The molecule has 0 aliphatic carbocycles. The largest absolute Gasteiger partial charge is 0.480 e. The van der Waals surface area contributed by atoms with Gasteiger partial charge < -0.3 is 20.4 Å². The summed E-state index contributed by atoms with van der Waals surface area (Å²) in [4.78, 5) is 56.9. The van der Waals surface area contributed by atoms with E-state index in [0.717, 1.165) is 5.56 Å². The summed E-state index contributed by atoms with van der Waals surface area (Å²) >= 11 is 4.63. The molecular formula is C24H33N5O8S. The van der Waals surface area contributed by atoms with Gasteiger partial charge in [-0.15, -0.1) is 0 Å². The van der Waals surface area contributed by atoms with Crippen molar-refractivity contribution in [3.8, 4) is 0 Å². The number of rotatable bonds is 11. The summed E-state index contributed by atoms with van der Waals surface area (Å²) in [6, 6.07) is 6.73. The van der Waals surface area contributed by atoms with Crippen molar-refractivity contribution in [2.24, 2.45) is 4.99 Å². The molecule has 0 radical (unpaired) electrons. The summed E-state index contributed by atoms with van der Waals surface area (Å²) in [6.07, 6.45) is 0.392.